The second-order valence-corrected chi connectivity index (χ2v) is 7.56. The van der Waals surface area contributed by atoms with Crippen LogP contribution < -0.4 is 0 Å². The van der Waals surface area contributed by atoms with Crippen molar-refractivity contribution in [2.75, 3.05) is 13.1 Å². The first kappa shape index (κ1) is 16.0. The molecule has 1 aliphatic rings. The molecule has 1 saturated heterocycles. The first-order chi connectivity index (χ1) is 8.65. The zero-order chi connectivity index (χ0) is 14.7. The van der Waals surface area contributed by atoms with Crippen LogP contribution in [-0.4, -0.2) is 23.9 Å². The van der Waals surface area contributed by atoms with Crippen molar-refractivity contribution >= 4 is 5.91 Å². The molecule has 19 heavy (non-hydrogen) atoms. The van der Waals surface area contributed by atoms with Gasteiger partial charge in [-0.2, -0.15) is 5.26 Å². The Bertz CT molecular complexity index is 360. The summed E-state index contributed by atoms with van der Waals surface area (Å²) in [7, 11) is 0. The van der Waals surface area contributed by atoms with E-state index < -0.39 is 0 Å². The zero-order valence-corrected chi connectivity index (χ0v) is 13.1. The average molecular weight is 264 g/mol. The standard InChI is InChI=1S/C16H28N2O/c1-15(2,3)13-10-14(19)18(11-13)9-7-6-8-16(4,5)12-17/h13H,6-11H2,1-5H3. The molecule has 0 saturated carbocycles. The number of rotatable bonds is 5. The largest absolute Gasteiger partial charge is 0.342 e. The van der Waals surface area contributed by atoms with Crippen LogP contribution in [0.2, 0.25) is 0 Å². The maximum absolute atomic E-state index is 12.0. The molecule has 0 radical (unpaired) electrons. The summed E-state index contributed by atoms with van der Waals surface area (Å²) in [5, 5.41) is 8.96. The highest BCUT2D eigenvalue weighted by Gasteiger charge is 2.36. The number of carbonyl (C=O) groups excluding carboxylic acids is 1. The van der Waals surface area contributed by atoms with Gasteiger partial charge in [-0.1, -0.05) is 27.2 Å². The lowest BCUT2D eigenvalue weighted by molar-refractivity contribution is -0.127. The second kappa shape index (κ2) is 5.94. The van der Waals surface area contributed by atoms with Gasteiger partial charge >= 0.3 is 0 Å². The number of likely N-dealkylation sites (tertiary alicyclic amines) is 1. The van der Waals surface area contributed by atoms with Gasteiger partial charge in [0.2, 0.25) is 5.91 Å². The van der Waals surface area contributed by atoms with E-state index in [0.29, 0.717) is 18.2 Å². The van der Waals surface area contributed by atoms with Crippen LogP contribution in [0, 0.1) is 28.1 Å². The summed E-state index contributed by atoms with van der Waals surface area (Å²) < 4.78 is 0. The Morgan fingerprint density at radius 2 is 1.89 bits per heavy atom. The van der Waals surface area contributed by atoms with Crippen LogP contribution in [0.15, 0.2) is 0 Å². The van der Waals surface area contributed by atoms with Crippen LogP contribution in [0.25, 0.3) is 0 Å². The SMILES string of the molecule is CC(C)(C#N)CCCCN1CC(C(C)(C)C)CC1=O. The minimum absolute atomic E-state index is 0.215. The minimum atomic E-state index is -0.233. The van der Waals surface area contributed by atoms with E-state index in [0.717, 1.165) is 32.4 Å². The van der Waals surface area contributed by atoms with Crippen LogP contribution in [-0.2, 0) is 4.79 Å². The second-order valence-electron chi connectivity index (χ2n) is 7.56. The summed E-state index contributed by atoms with van der Waals surface area (Å²) >= 11 is 0. The summed E-state index contributed by atoms with van der Waals surface area (Å²) in [6.07, 6.45) is 3.64. The van der Waals surface area contributed by atoms with Crippen molar-refractivity contribution < 1.29 is 4.79 Å². The Morgan fingerprint density at radius 3 is 2.37 bits per heavy atom. The van der Waals surface area contributed by atoms with Crippen molar-refractivity contribution in [3.8, 4) is 6.07 Å². The van der Waals surface area contributed by atoms with Crippen molar-refractivity contribution in [3.63, 3.8) is 0 Å². The molecule has 1 heterocycles. The molecule has 1 amide bonds. The lowest BCUT2D eigenvalue weighted by atomic mass is 9.80. The molecule has 0 aromatic rings. The van der Waals surface area contributed by atoms with E-state index in [1.807, 2.05) is 18.7 Å². The molecule has 0 bridgehead atoms. The van der Waals surface area contributed by atoms with E-state index in [2.05, 4.69) is 26.8 Å². The van der Waals surface area contributed by atoms with Gasteiger partial charge in [-0.3, -0.25) is 4.79 Å². The Labute approximate surface area is 118 Å². The monoisotopic (exact) mass is 264 g/mol. The Morgan fingerprint density at radius 1 is 1.26 bits per heavy atom. The number of nitriles is 1. The number of amides is 1. The lowest BCUT2D eigenvalue weighted by Gasteiger charge is -2.26. The van der Waals surface area contributed by atoms with Crippen LogP contribution in [0.1, 0.15) is 60.3 Å². The molecule has 1 atom stereocenters. The van der Waals surface area contributed by atoms with Crippen LogP contribution in [0.4, 0.5) is 0 Å². The third-order valence-corrected chi connectivity index (χ3v) is 4.22. The Kier molecular flexibility index (Phi) is 5.01. The predicted octanol–water partition coefficient (Wildman–Crippen LogP) is 3.60. The molecular formula is C16H28N2O. The number of carbonyl (C=O) groups is 1. The number of nitrogens with zero attached hydrogens (tertiary/aromatic N) is 2. The first-order valence-corrected chi connectivity index (χ1v) is 7.35. The number of unbranched alkanes of at least 4 members (excludes halogenated alkanes) is 1. The van der Waals surface area contributed by atoms with Gasteiger partial charge in [0.15, 0.2) is 0 Å². The van der Waals surface area contributed by atoms with Crippen molar-refractivity contribution in [3.05, 3.63) is 0 Å². The van der Waals surface area contributed by atoms with E-state index in [9.17, 15) is 4.79 Å². The fourth-order valence-corrected chi connectivity index (χ4v) is 2.49. The molecule has 108 valence electrons. The maximum Gasteiger partial charge on any atom is 0.222 e. The highest BCUT2D eigenvalue weighted by molar-refractivity contribution is 5.78. The van der Waals surface area contributed by atoms with Gasteiger partial charge in [-0.05, 0) is 38.0 Å². The lowest BCUT2D eigenvalue weighted by Crippen LogP contribution is -2.28. The van der Waals surface area contributed by atoms with Gasteiger partial charge in [0.05, 0.1) is 11.5 Å². The summed E-state index contributed by atoms with van der Waals surface area (Å²) in [5.74, 6) is 0.787. The van der Waals surface area contributed by atoms with Gasteiger partial charge < -0.3 is 4.90 Å². The van der Waals surface area contributed by atoms with Crippen molar-refractivity contribution in [2.45, 2.75) is 60.3 Å². The first-order valence-electron chi connectivity index (χ1n) is 7.35. The van der Waals surface area contributed by atoms with Crippen molar-refractivity contribution in [1.82, 2.24) is 4.90 Å². The molecular weight excluding hydrogens is 236 g/mol. The minimum Gasteiger partial charge on any atom is -0.342 e. The molecule has 3 heteroatoms. The molecule has 0 N–H and O–H groups in total. The molecule has 0 aliphatic carbocycles. The fourth-order valence-electron chi connectivity index (χ4n) is 2.49. The smallest absolute Gasteiger partial charge is 0.222 e. The molecule has 0 aromatic carbocycles. The molecule has 1 rings (SSSR count). The number of hydrogen-bond acceptors (Lipinski definition) is 2. The van der Waals surface area contributed by atoms with Gasteiger partial charge in [0, 0.05) is 19.5 Å². The Hall–Kier alpha value is -1.04. The quantitative estimate of drug-likeness (QED) is 0.712. The summed E-state index contributed by atoms with van der Waals surface area (Å²) in [5.41, 5.74) is -0.0177. The molecule has 1 fully saturated rings. The van der Waals surface area contributed by atoms with E-state index in [1.54, 1.807) is 0 Å². The van der Waals surface area contributed by atoms with Gasteiger partial charge in [0.25, 0.3) is 0 Å². The van der Waals surface area contributed by atoms with E-state index in [-0.39, 0.29) is 10.8 Å². The zero-order valence-electron chi connectivity index (χ0n) is 13.1. The summed E-state index contributed by atoms with van der Waals surface area (Å²) in [4.78, 5) is 14.0. The van der Waals surface area contributed by atoms with Gasteiger partial charge in [-0.15, -0.1) is 0 Å². The third kappa shape index (κ3) is 4.86. The van der Waals surface area contributed by atoms with Gasteiger partial charge in [0.1, 0.15) is 0 Å². The molecule has 0 aromatic heterocycles. The Balaban J connectivity index is 2.32. The molecule has 3 nitrogen and oxygen atoms in total. The average Bonchev–Trinajstić information content (AvgIpc) is 2.66. The summed E-state index contributed by atoms with van der Waals surface area (Å²) in [6.45, 7) is 12.3. The van der Waals surface area contributed by atoms with Crippen molar-refractivity contribution in [1.29, 1.82) is 5.26 Å². The van der Waals surface area contributed by atoms with Crippen LogP contribution >= 0.6 is 0 Å². The molecule has 1 unspecified atom stereocenters. The van der Waals surface area contributed by atoms with E-state index in [1.165, 1.54) is 0 Å². The van der Waals surface area contributed by atoms with Crippen LogP contribution in [0.5, 0.6) is 0 Å². The summed E-state index contributed by atoms with van der Waals surface area (Å²) in [6, 6.07) is 2.32. The predicted molar refractivity (Wildman–Crippen MR) is 77.4 cm³/mol. The van der Waals surface area contributed by atoms with E-state index in [4.69, 9.17) is 5.26 Å². The van der Waals surface area contributed by atoms with Gasteiger partial charge in [-0.25, -0.2) is 0 Å². The number of hydrogen-bond donors (Lipinski definition) is 0. The molecule has 1 aliphatic heterocycles. The highest BCUT2D eigenvalue weighted by atomic mass is 16.2. The third-order valence-electron chi connectivity index (χ3n) is 4.22. The topological polar surface area (TPSA) is 44.1 Å². The fraction of sp³-hybridized carbons (Fsp3) is 0.875. The van der Waals surface area contributed by atoms with Crippen molar-refractivity contribution in [2.24, 2.45) is 16.7 Å². The highest BCUT2D eigenvalue weighted by Crippen LogP contribution is 2.34. The van der Waals surface area contributed by atoms with Crippen LogP contribution in [0.3, 0.4) is 0 Å². The van der Waals surface area contributed by atoms with E-state index >= 15 is 0 Å². The molecule has 0 spiro atoms. The maximum atomic E-state index is 12.0. The normalized spacial score (nSPS) is 20.7.